The van der Waals surface area contributed by atoms with Crippen LogP contribution in [0.1, 0.15) is 38.5 Å². The lowest BCUT2D eigenvalue weighted by atomic mass is 10.1. The highest BCUT2D eigenvalue weighted by Crippen LogP contribution is 2.22. The third-order valence-corrected chi connectivity index (χ3v) is 5.43. The van der Waals surface area contributed by atoms with Gasteiger partial charge in [0.15, 0.2) is 4.80 Å². The van der Waals surface area contributed by atoms with Gasteiger partial charge in [0.1, 0.15) is 4.53 Å². The van der Waals surface area contributed by atoms with Gasteiger partial charge in [0.05, 0.1) is 20.4 Å². The predicted molar refractivity (Wildman–Crippen MR) is 84.0 cm³/mol. The number of hydrogen-bond acceptors (Lipinski definition) is 6. The van der Waals surface area contributed by atoms with Crippen LogP contribution < -0.4 is 14.9 Å². The molecule has 0 spiro atoms. The average Bonchev–Trinajstić information content (AvgIpc) is 2.74. The summed E-state index contributed by atoms with van der Waals surface area (Å²) < 4.78 is 6.67. The first-order valence-electron chi connectivity index (χ1n) is 7.77. The van der Waals surface area contributed by atoms with Crippen molar-refractivity contribution in [3.05, 3.63) is 19.7 Å². The Bertz CT molecular complexity index is 713. The number of carbonyl (C=O) groups is 1. The van der Waals surface area contributed by atoms with Gasteiger partial charge in [-0.3, -0.25) is 14.3 Å². The fourth-order valence-electron chi connectivity index (χ4n) is 3.15. The van der Waals surface area contributed by atoms with Gasteiger partial charge >= 0.3 is 5.97 Å². The first-order chi connectivity index (χ1) is 10.7. The number of methoxy groups -OCH3 is 1. The number of aromatic nitrogens is 1. The number of thiazole rings is 1. The van der Waals surface area contributed by atoms with Gasteiger partial charge in [0.25, 0.3) is 5.56 Å². The van der Waals surface area contributed by atoms with Crippen molar-refractivity contribution in [2.75, 3.05) is 13.8 Å². The van der Waals surface area contributed by atoms with E-state index in [2.05, 4.69) is 14.6 Å². The smallest absolute Gasteiger partial charge is 0.332 e. The molecule has 3 rings (SSSR count). The Morgan fingerprint density at radius 2 is 2.05 bits per heavy atom. The van der Waals surface area contributed by atoms with Crippen LogP contribution >= 0.6 is 11.3 Å². The molecule has 0 amide bonds. The zero-order valence-electron chi connectivity index (χ0n) is 12.8. The van der Waals surface area contributed by atoms with E-state index < -0.39 is 5.97 Å². The zero-order valence-corrected chi connectivity index (χ0v) is 13.6. The fourth-order valence-corrected chi connectivity index (χ4v) is 4.07. The normalized spacial score (nSPS) is 21.0. The van der Waals surface area contributed by atoms with Crippen LogP contribution in [0.5, 0.6) is 0 Å². The minimum atomic E-state index is -0.503. The highest BCUT2D eigenvalue weighted by atomic mass is 32.1. The van der Waals surface area contributed by atoms with Crippen LogP contribution in [-0.4, -0.2) is 35.3 Å². The molecule has 0 radical (unpaired) electrons. The summed E-state index contributed by atoms with van der Waals surface area (Å²) in [4.78, 5) is 31.3. The van der Waals surface area contributed by atoms with Crippen LogP contribution in [0.15, 0.2) is 9.79 Å². The molecule has 0 bridgehead atoms. The predicted octanol–water partition coefficient (Wildman–Crippen LogP) is 0.436. The van der Waals surface area contributed by atoms with Crippen molar-refractivity contribution in [1.82, 2.24) is 9.47 Å². The third-order valence-electron chi connectivity index (χ3n) is 4.39. The van der Waals surface area contributed by atoms with Crippen LogP contribution in [-0.2, 0) is 16.2 Å². The first kappa shape index (κ1) is 15.4. The molecule has 1 aliphatic heterocycles. The van der Waals surface area contributed by atoms with Crippen molar-refractivity contribution in [2.45, 2.75) is 51.2 Å². The minimum absolute atomic E-state index is 0.146. The van der Waals surface area contributed by atoms with Crippen molar-refractivity contribution in [3.63, 3.8) is 0 Å². The fraction of sp³-hybridized carbons (Fsp3) is 0.667. The van der Waals surface area contributed by atoms with Crippen LogP contribution in [0.25, 0.3) is 6.08 Å². The monoisotopic (exact) mass is 323 g/mol. The summed E-state index contributed by atoms with van der Waals surface area (Å²) in [5.41, 5.74) is -0.146. The molecule has 1 saturated carbocycles. The van der Waals surface area contributed by atoms with Gasteiger partial charge in [-0.1, -0.05) is 37.0 Å². The second-order valence-electron chi connectivity index (χ2n) is 5.82. The highest BCUT2D eigenvalue weighted by Gasteiger charge is 2.23. The maximum atomic E-state index is 12.4. The molecule has 1 fully saturated rings. The number of esters is 1. The molecule has 1 aromatic heterocycles. The molecule has 0 aromatic carbocycles. The molecule has 2 aliphatic rings. The van der Waals surface area contributed by atoms with E-state index in [1.807, 2.05) is 0 Å². The number of nitrogens with zero attached hydrogens (tertiary/aromatic N) is 3. The maximum absolute atomic E-state index is 12.4. The van der Waals surface area contributed by atoms with Crippen molar-refractivity contribution in [1.29, 1.82) is 0 Å². The second kappa shape index (κ2) is 6.75. The standard InChI is InChI=1S/C15H21N3O3S/c1-21-13(19)8-12-14(20)18-10-17(9-16-15(18)22-12)11-6-4-2-3-5-7-11/h8,11H,2-7,9-10H2,1H3/b12-8+. The summed E-state index contributed by atoms with van der Waals surface area (Å²) in [6, 6.07) is 0.513. The van der Waals surface area contributed by atoms with Gasteiger partial charge in [-0.25, -0.2) is 9.79 Å². The summed E-state index contributed by atoms with van der Waals surface area (Å²) in [5.74, 6) is -0.503. The molecule has 6 nitrogen and oxygen atoms in total. The lowest BCUT2D eigenvalue weighted by molar-refractivity contribution is -0.133. The number of ether oxygens (including phenoxy) is 1. The molecule has 0 saturated heterocycles. The SMILES string of the molecule is COC(=O)/C=c1/sc2n(c1=O)CN(C1CCCCCC1)CN=2. The van der Waals surface area contributed by atoms with Crippen LogP contribution in [0.4, 0.5) is 0 Å². The Hall–Kier alpha value is -1.47. The Morgan fingerprint density at radius 1 is 1.32 bits per heavy atom. The molecular formula is C15H21N3O3S. The van der Waals surface area contributed by atoms with Gasteiger partial charge in [0, 0.05) is 12.1 Å². The van der Waals surface area contributed by atoms with Crippen molar-refractivity contribution >= 4 is 23.4 Å². The summed E-state index contributed by atoms with van der Waals surface area (Å²) in [5, 5.41) is 0. The quantitative estimate of drug-likeness (QED) is 0.585. The Labute approximate surface area is 132 Å². The first-order valence-corrected chi connectivity index (χ1v) is 8.58. The molecule has 2 heterocycles. The second-order valence-corrected chi connectivity index (χ2v) is 6.83. The van der Waals surface area contributed by atoms with E-state index in [4.69, 9.17) is 0 Å². The summed E-state index contributed by atoms with van der Waals surface area (Å²) in [7, 11) is 1.31. The molecule has 0 atom stereocenters. The van der Waals surface area contributed by atoms with E-state index >= 15 is 0 Å². The van der Waals surface area contributed by atoms with Gasteiger partial charge < -0.3 is 4.74 Å². The third kappa shape index (κ3) is 3.15. The van der Waals surface area contributed by atoms with E-state index in [0.717, 1.165) is 0 Å². The molecule has 1 aliphatic carbocycles. The van der Waals surface area contributed by atoms with E-state index in [1.165, 1.54) is 63.0 Å². The van der Waals surface area contributed by atoms with Crippen molar-refractivity contribution < 1.29 is 9.53 Å². The Kier molecular flexibility index (Phi) is 4.73. The molecule has 7 heteroatoms. The number of rotatable bonds is 2. The summed E-state index contributed by atoms with van der Waals surface area (Å²) in [6.45, 7) is 1.22. The zero-order chi connectivity index (χ0) is 15.5. The highest BCUT2D eigenvalue weighted by molar-refractivity contribution is 7.07. The topological polar surface area (TPSA) is 63.9 Å². The summed E-state index contributed by atoms with van der Waals surface area (Å²) in [6.07, 6.45) is 8.76. The van der Waals surface area contributed by atoms with E-state index in [-0.39, 0.29) is 5.56 Å². The lowest BCUT2D eigenvalue weighted by Gasteiger charge is -2.31. The molecule has 0 unspecified atom stereocenters. The van der Waals surface area contributed by atoms with Gasteiger partial charge in [-0.15, -0.1) is 0 Å². The average molecular weight is 323 g/mol. The summed E-state index contributed by atoms with van der Waals surface area (Å²) >= 11 is 1.26. The molecule has 120 valence electrons. The lowest BCUT2D eigenvalue weighted by Crippen LogP contribution is -2.46. The number of fused-ring (bicyclic) bond motifs is 1. The molecule has 22 heavy (non-hydrogen) atoms. The Balaban J connectivity index is 1.85. The van der Waals surface area contributed by atoms with Gasteiger partial charge in [-0.05, 0) is 12.8 Å². The Morgan fingerprint density at radius 3 is 2.73 bits per heavy atom. The van der Waals surface area contributed by atoms with E-state index in [0.29, 0.717) is 28.7 Å². The van der Waals surface area contributed by atoms with Crippen molar-refractivity contribution in [2.24, 2.45) is 4.99 Å². The number of carbonyl (C=O) groups excluding carboxylic acids is 1. The van der Waals surface area contributed by atoms with Gasteiger partial charge in [0.2, 0.25) is 0 Å². The molecule has 0 N–H and O–H groups in total. The number of hydrogen-bond donors (Lipinski definition) is 0. The van der Waals surface area contributed by atoms with Crippen LogP contribution in [0.3, 0.4) is 0 Å². The van der Waals surface area contributed by atoms with Gasteiger partial charge in [-0.2, -0.15) is 0 Å². The van der Waals surface area contributed by atoms with E-state index in [9.17, 15) is 9.59 Å². The van der Waals surface area contributed by atoms with Crippen LogP contribution in [0.2, 0.25) is 0 Å². The van der Waals surface area contributed by atoms with Crippen LogP contribution in [0, 0.1) is 0 Å². The largest absolute Gasteiger partial charge is 0.466 e. The minimum Gasteiger partial charge on any atom is -0.466 e. The maximum Gasteiger partial charge on any atom is 0.332 e. The van der Waals surface area contributed by atoms with Crippen molar-refractivity contribution in [3.8, 4) is 0 Å². The molecular weight excluding hydrogens is 302 g/mol. The molecule has 1 aromatic rings. The van der Waals surface area contributed by atoms with E-state index in [1.54, 1.807) is 4.57 Å².